The van der Waals surface area contributed by atoms with Gasteiger partial charge in [0.15, 0.2) is 0 Å². The molecule has 0 saturated carbocycles. The molecule has 2 aromatic carbocycles. The summed E-state index contributed by atoms with van der Waals surface area (Å²) in [5.41, 5.74) is 4.82. The number of nitrogens with one attached hydrogen (secondary N) is 4. The number of hydrazine groups is 1. The summed E-state index contributed by atoms with van der Waals surface area (Å²) >= 11 is 0. The van der Waals surface area contributed by atoms with Gasteiger partial charge in [-0.25, -0.2) is 31.8 Å². The second-order valence-electron chi connectivity index (χ2n) is 8.03. The molecule has 0 fully saturated rings. The average Bonchev–Trinajstić information content (AvgIpc) is 2.86. The van der Waals surface area contributed by atoms with Gasteiger partial charge in [0.05, 0.1) is 16.3 Å². The molecule has 0 saturated heterocycles. The van der Waals surface area contributed by atoms with E-state index in [2.05, 4.69) is 5.32 Å². The summed E-state index contributed by atoms with van der Waals surface area (Å²) in [6.45, 7) is 5.79. The molecule has 0 unspecified atom stereocenters. The van der Waals surface area contributed by atoms with E-state index in [0.29, 0.717) is 25.9 Å². The molecule has 37 heavy (non-hydrogen) atoms. The topological polar surface area (TPSA) is 171 Å². The highest BCUT2D eigenvalue weighted by atomic mass is 32.2. The van der Waals surface area contributed by atoms with Gasteiger partial charge in [-0.3, -0.25) is 15.0 Å². The van der Waals surface area contributed by atoms with Crippen molar-refractivity contribution in [3.8, 4) is 0 Å². The standard InChI is InChI=1S/C23H31N5O7S2/c1-4-14-28(15-5-2)37(34,35)20-12-8-18(9-13-20)22(30)24-16-21(29)25-26-23(31)27-36(32,33)19-10-6-17(3)7-11-19/h6-13H,4-5,14-16H2,1-3H3,(H,24,30)(H,25,29)(H2,26,27,31). The van der Waals surface area contributed by atoms with Gasteiger partial charge in [0.2, 0.25) is 10.0 Å². The van der Waals surface area contributed by atoms with Crippen molar-refractivity contribution < 1.29 is 31.2 Å². The van der Waals surface area contributed by atoms with E-state index in [1.165, 1.54) is 40.7 Å². The molecule has 0 aliphatic rings. The molecular weight excluding hydrogens is 522 g/mol. The number of aryl methyl sites for hydroxylation is 1. The summed E-state index contributed by atoms with van der Waals surface area (Å²) in [4.78, 5) is 36.0. The molecule has 14 heteroatoms. The molecule has 0 bridgehead atoms. The maximum absolute atomic E-state index is 12.8. The Balaban J connectivity index is 1.87. The largest absolute Gasteiger partial charge is 0.347 e. The molecule has 4 N–H and O–H groups in total. The first kappa shape index (κ1) is 29.7. The third kappa shape index (κ3) is 8.55. The third-order valence-corrected chi connectivity index (χ3v) is 8.24. The van der Waals surface area contributed by atoms with Crippen LogP contribution in [-0.4, -0.2) is 58.6 Å². The lowest BCUT2D eigenvalue weighted by molar-refractivity contribution is -0.120. The van der Waals surface area contributed by atoms with Crippen molar-refractivity contribution in [2.75, 3.05) is 19.6 Å². The first-order chi connectivity index (χ1) is 17.4. The van der Waals surface area contributed by atoms with E-state index >= 15 is 0 Å². The SMILES string of the molecule is CCCN(CCC)S(=O)(=O)c1ccc(C(=O)NCC(=O)NNC(=O)NS(=O)(=O)c2ccc(C)cc2)cc1. The number of carbonyl (C=O) groups excluding carboxylic acids is 3. The predicted molar refractivity (Wildman–Crippen MR) is 136 cm³/mol. The van der Waals surface area contributed by atoms with Crippen LogP contribution in [0.2, 0.25) is 0 Å². The first-order valence-electron chi connectivity index (χ1n) is 11.5. The van der Waals surface area contributed by atoms with Gasteiger partial charge >= 0.3 is 6.03 Å². The number of benzene rings is 2. The van der Waals surface area contributed by atoms with Crippen LogP contribution in [0.1, 0.15) is 42.6 Å². The van der Waals surface area contributed by atoms with Crippen molar-refractivity contribution in [1.82, 2.24) is 25.2 Å². The molecule has 0 radical (unpaired) electrons. The Kier molecular flexibility index (Phi) is 10.6. The summed E-state index contributed by atoms with van der Waals surface area (Å²) in [7, 11) is -7.83. The third-order valence-electron chi connectivity index (χ3n) is 4.98. The number of nitrogens with zero attached hydrogens (tertiary/aromatic N) is 1. The number of carbonyl (C=O) groups is 3. The van der Waals surface area contributed by atoms with Gasteiger partial charge in [0.1, 0.15) is 0 Å². The molecular formula is C23H31N5O7S2. The van der Waals surface area contributed by atoms with E-state index < -0.39 is 44.4 Å². The van der Waals surface area contributed by atoms with Gasteiger partial charge in [0, 0.05) is 18.7 Å². The second-order valence-corrected chi connectivity index (χ2v) is 11.7. The summed E-state index contributed by atoms with van der Waals surface area (Å²) < 4.78 is 53.1. The Morgan fingerprint density at radius 2 is 1.32 bits per heavy atom. The summed E-state index contributed by atoms with van der Waals surface area (Å²) in [6.07, 6.45) is 1.34. The zero-order valence-corrected chi connectivity index (χ0v) is 22.4. The van der Waals surface area contributed by atoms with Gasteiger partial charge in [-0.05, 0) is 56.2 Å². The number of sulfonamides is 2. The van der Waals surface area contributed by atoms with Crippen LogP contribution in [0.3, 0.4) is 0 Å². The van der Waals surface area contributed by atoms with Crippen molar-refractivity contribution in [2.24, 2.45) is 0 Å². The predicted octanol–water partition coefficient (Wildman–Crippen LogP) is 1.25. The van der Waals surface area contributed by atoms with E-state index in [4.69, 9.17) is 0 Å². The lowest BCUT2D eigenvalue weighted by Gasteiger charge is -2.21. The minimum atomic E-state index is -4.14. The highest BCUT2D eigenvalue weighted by Crippen LogP contribution is 2.17. The number of amides is 4. The maximum atomic E-state index is 12.8. The molecule has 202 valence electrons. The van der Waals surface area contributed by atoms with E-state index in [9.17, 15) is 31.2 Å². The highest BCUT2D eigenvalue weighted by molar-refractivity contribution is 7.90. The van der Waals surface area contributed by atoms with Crippen LogP contribution in [0.4, 0.5) is 4.79 Å². The molecule has 12 nitrogen and oxygen atoms in total. The maximum Gasteiger partial charge on any atom is 0.347 e. The van der Waals surface area contributed by atoms with E-state index in [-0.39, 0.29) is 15.4 Å². The van der Waals surface area contributed by atoms with Crippen LogP contribution in [0.5, 0.6) is 0 Å². The number of urea groups is 1. The smallest absolute Gasteiger partial charge is 0.343 e. The molecule has 0 aliphatic carbocycles. The van der Waals surface area contributed by atoms with Gasteiger partial charge in [-0.1, -0.05) is 31.5 Å². The van der Waals surface area contributed by atoms with Gasteiger partial charge in [-0.15, -0.1) is 0 Å². The van der Waals surface area contributed by atoms with E-state index in [1.54, 1.807) is 23.8 Å². The van der Waals surface area contributed by atoms with Crippen molar-refractivity contribution >= 4 is 37.9 Å². The second kappa shape index (κ2) is 13.2. The normalized spacial score (nSPS) is 11.6. The van der Waals surface area contributed by atoms with Crippen molar-refractivity contribution in [3.05, 3.63) is 59.7 Å². The Morgan fingerprint density at radius 3 is 1.86 bits per heavy atom. The van der Waals surface area contributed by atoms with Gasteiger partial charge in [-0.2, -0.15) is 4.31 Å². The first-order valence-corrected chi connectivity index (χ1v) is 14.4. The summed E-state index contributed by atoms with van der Waals surface area (Å²) in [5.74, 6) is -1.48. The number of hydrogen-bond donors (Lipinski definition) is 4. The fourth-order valence-corrected chi connectivity index (χ4v) is 5.67. The Bertz CT molecular complexity index is 1300. The van der Waals surface area contributed by atoms with Gasteiger partial charge < -0.3 is 5.32 Å². The highest BCUT2D eigenvalue weighted by Gasteiger charge is 2.23. The quantitative estimate of drug-likeness (QED) is 0.303. The Labute approximate surface area is 216 Å². The monoisotopic (exact) mass is 553 g/mol. The van der Waals surface area contributed by atoms with Gasteiger partial charge in [0.25, 0.3) is 21.8 Å². The van der Waals surface area contributed by atoms with E-state index in [0.717, 1.165) is 5.56 Å². The molecule has 0 heterocycles. The fourth-order valence-electron chi connectivity index (χ4n) is 3.14. The van der Waals surface area contributed by atoms with Crippen molar-refractivity contribution in [2.45, 2.75) is 43.4 Å². The molecule has 0 aliphatic heterocycles. The minimum Gasteiger partial charge on any atom is -0.343 e. The van der Waals surface area contributed by atoms with Crippen LogP contribution >= 0.6 is 0 Å². The van der Waals surface area contributed by atoms with Crippen LogP contribution in [0, 0.1) is 6.92 Å². The lowest BCUT2D eigenvalue weighted by atomic mass is 10.2. The number of rotatable bonds is 11. The van der Waals surface area contributed by atoms with Crippen LogP contribution in [0.25, 0.3) is 0 Å². The number of hydrogen-bond acceptors (Lipinski definition) is 7. The minimum absolute atomic E-state index is 0.0551. The lowest BCUT2D eigenvalue weighted by Crippen LogP contribution is -2.51. The van der Waals surface area contributed by atoms with Crippen LogP contribution in [-0.2, 0) is 24.8 Å². The molecule has 2 rings (SSSR count). The molecule has 4 amide bonds. The molecule has 2 aromatic rings. The molecule has 0 atom stereocenters. The molecule has 0 aromatic heterocycles. The molecule has 0 spiro atoms. The zero-order valence-electron chi connectivity index (χ0n) is 20.8. The van der Waals surface area contributed by atoms with Crippen LogP contribution in [0.15, 0.2) is 58.3 Å². The fraction of sp³-hybridized carbons (Fsp3) is 0.348. The Hall–Kier alpha value is -3.49. The van der Waals surface area contributed by atoms with E-state index in [1.807, 2.05) is 24.7 Å². The summed E-state index contributed by atoms with van der Waals surface area (Å²) in [5, 5.41) is 2.32. The van der Waals surface area contributed by atoms with Crippen LogP contribution < -0.4 is 20.9 Å². The Morgan fingerprint density at radius 1 is 0.784 bits per heavy atom. The summed E-state index contributed by atoms with van der Waals surface area (Å²) in [6, 6.07) is 9.90. The average molecular weight is 554 g/mol. The zero-order chi connectivity index (χ0) is 27.6. The van der Waals surface area contributed by atoms with Crippen molar-refractivity contribution in [1.29, 1.82) is 0 Å². The van der Waals surface area contributed by atoms with Crippen molar-refractivity contribution in [3.63, 3.8) is 0 Å².